The molecule has 0 atom stereocenters. The van der Waals surface area contributed by atoms with Crippen LogP contribution in [0.4, 0.5) is 17.1 Å². The van der Waals surface area contributed by atoms with Crippen LogP contribution < -0.4 is 4.90 Å². The van der Waals surface area contributed by atoms with Crippen molar-refractivity contribution in [3.05, 3.63) is 223 Å². The molecule has 0 radical (unpaired) electrons. The molecule has 0 unspecified atom stereocenters. The van der Waals surface area contributed by atoms with Crippen LogP contribution in [-0.4, -0.2) is 0 Å². The monoisotopic (exact) mass is 739 g/mol. The predicted molar refractivity (Wildman–Crippen MR) is 248 cm³/mol. The van der Waals surface area contributed by atoms with E-state index in [1.54, 1.807) is 0 Å². The molecule has 274 valence electrons. The Bertz CT molecular complexity index is 3170. The van der Waals surface area contributed by atoms with Gasteiger partial charge >= 0.3 is 0 Å². The Morgan fingerprint density at radius 1 is 0.328 bits per heavy atom. The third-order valence-corrected chi connectivity index (χ3v) is 12.4. The molecular formula is C57H41N. The fraction of sp³-hybridized carbons (Fsp3) is 0.0526. The van der Waals surface area contributed by atoms with Crippen molar-refractivity contribution < 1.29 is 0 Å². The second-order valence-electron chi connectivity index (χ2n) is 16.1. The van der Waals surface area contributed by atoms with Crippen molar-refractivity contribution in [2.75, 3.05) is 4.90 Å². The first-order chi connectivity index (χ1) is 28.5. The Morgan fingerprint density at radius 3 is 1.55 bits per heavy atom. The van der Waals surface area contributed by atoms with Gasteiger partial charge in [0.05, 0.1) is 5.69 Å². The summed E-state index contributed by atoms with van der Waals surface area (Å²) in [5, 5.41) is 7.50. The van der Waals surface area contributed by atoms with Crippen LogP contribution >= 0.6 is 0 Å². The van der Waals surface area contributed by atoms with Gasteiger partial charge in [0.25, 0.3) is 0 Å². The summed E-state index contributed by atoms with van der Waals surface area (Å²) >= 11 is 0. The van der Waals surface area contributed by atoms with Gasteiger partial charge in [-0.05, 0) is 125 Å². The van der Waals surface area contributed by atoms with E-state index in [-0.39, 0.29) is 5.41 Å². The van der Waals surface area contributed by atoms with Crippen LogP contribution in [0.1, 0.15) is 25.0 Å². The van der Waals surface area contributed by atoms with Gasteiger partial charge in [0.15, 0.2) is 0 Å². The summed E-state index contributed by atoms with van der Waals surface area (Å²) in [5.41, 5.74) is 15.9. The highest BCUT2D eigenvalue weighted by molar-refractivity contribution is 6.11. The molecule has 11 rings (SSSR count). The summed E-state index contributed by atoms with van der Waals surface area (Å²) in [6, 6.07) is 78.3. The van der Waals surface area contributed by atoms with E-state index in [9.17, 15) is 0 Å². The van der Waals surface area contributed by atoms with Gasteiger partial charge < -0.3 is 4.90 Å². The lowest BCUT2D eigenvalue weighted by Gasteiger charge is -2.31. The van der Waals surface area contributed by atoms with Crippen molar-refractivity contribution in [3.8, 4) is 44.5 Å². The van der Waals surface area contributed by atoms with Crippen molar-refractivity contribution >= 4 is 49.4 Å². The molecule has 0 fully saturated rings. The summed E-state index contributed by atoms with van der Waals surface area (Å²) in [6.07, 6.45) is 0. The molecule has 0 bridgehead atoms. The minimum absolute atomic E-state index is 0.173. The molecule has 0 saturated carbocycles. The fourth-order valence-corrected chi connectivity index (χ4v) is 9.44. The third kappa shape index (κ3) is 5.54. The summed E-state index contributed by atoms with van der Waals surface area (Å²) in [7, 11) is 0. The van der Waals surface area contributed by atoms with Crippen molar-refractivity contribution in [1.82, 2.24) is 0 Å². The number of benzene rings is 10. The maximum Gasteiger partial charge on any atom is 0.0546 e. The highest BCUT2D eigenvalue weighted by Crippen LogP contribution is 2.53. The topological polar surface area (TPSA) is 3.24 Å². The van der Waals surface area contributed by atoms with Gasteiger partial charge in [-0.25, -0.2) is 0 Å². The fourth-order valence-electron chi connectivity index (χ4n) is 9.44. The Hall–Kier alpha value is -7.22. The number of nitrogens with zero attached hydrogens (tertiary/aromatic N) is 1. The second kappa shape index (κ2) is 13.5. The van der Waals surface area contributed by atoms with Crippen molar-refractivity contribution in [3.63, 3.8) is 0 Å². The zero-order valence-corrected chi connectivity index (χ0v) is 32.7. The lowest BCUT2D eigenvalue weighted by atomic mass is 9.81. The molecule has 0 saturated heterocycles. The molecule has 0 heterocycles. The van der Waals surface area contributed by atoms with Crippen LogP contribution in [0.15, 0.2) is 212 Å². The molecule has 0 aromatic heterocycles. The normalized spacial score (nSPS) is 12.8. The molecule has 10 aromatic carbocycles. The van der Waals surface area contributed by atoms with E-state index in [4.69, 9.17) is 0 Å². The standard InChI is InChI=1S/C57H41N/c1-57(2)53-36-45-18-7-6-17-44(45)35-52(53)50-33-32-47(37-54(50)57)58(46-30-27-41(28-31-46)40-25-23-39(24-26-40)38-13-4-3-5-14-38)55-34-29-43-16-9-11-21-49(43)56(55)51-22-12-19-42-15-8-10-20-48(42)51/h3-37H,1-2H3. The molecule has 1 aliphatic rings. The van der Waals surface area contributed by atoms with E-state index in [0.29, 0.717) is 0 Å². The maximum absolute atomic E-state index is 2.49. The Kier molecular flexibility index (Phi) is 7.91. The molecule has 0 N–H and O–H groups in total. The Balaban J connectivity index is 1.11. The van der Waals surface area contributed by atoms with Crippen LogP contribution in [0, 0.1) is 0 Å². The number of hydrogen-bond acceptors (Lipinski definition) is 1. The minimum atomic E-state index is -0.173. The largest absolute Gasteiger partial charge is 0.310 e. The Morgan fingerprint density at radius 2 is 0.845 bits per heavy atom. The van der Waals surface area contributed by atoms with E-state index < -0.39 is 0 Å². The smallest absolute Gasteiger partial charge is 0.0546 e. The van der Waals surface area contributed by atoms with Crippen LogP contribution in [0.3, 0.4) is 0 Å². The van der Waals surface area contributed by atoms with E-state index in [1.165, 1.54) is 88.0 Å². The minimum Gasteiger partial charge on any atom is -0.310 e. The van der Waals surface area contributed by atoms with Gasteiger partial charge in [0.1, 0.15) is 0 Å². The number of fused-ring (bicyclic) bond motifs is 6. The highest BCUT2D eigenvalue weighted by Gasteiger charge is 2.36. The van der Waals surface area contributed by atoms with E-state index in [0.717, 1.165) is 17.1 Å². The first kappa shape index (κ1) is 34.1. The SMILES string of the molecule is CC1(C)c2cc(N(c3ccc(-c4ccc(-c5ccccc5)cc4)cc3)c3ccc4ccccc4c3-c3cccc4ccccc34)ccc2-c2cc3ccccc3cc21. The average Bonchev–Trinajstić information content (AvgIpc) is 3.50. The molecule has 0 spiro atoms. The zero-order valence-electron chi connectivity index (χ0n) is 32.7. The molecule has 1 aliphatic carbocycles. The summed E-state index contributed by atoms with van der Waals surface area (Å²) in [5.74, 6) is 0. The van der Waals surface area contributed by atoms with Crippen molar-refractivity contribution in [2.45, 2.75) is 19.3 Å². The summed E-state index contributed by atoms with van der Waals surface area (Å²) < 4.78 is 0. The summed E-state index contributed by atoms with van der Waals surface area (Å²) in [4.78, 5) is 2.49. The maximum atomic E-state index is 2.49. The highest BCUT2D eigenvalue weighted by atomic mass is 15.1. The first-order valence-electron chi connectivity index (χ1n) is 20.3. The third-order valence-electron chi connectivity index (χ3n) is 12.4. The quantitative estimate of drug-likeness (QED) is 0.164. The lowest BCUT2D eigenvalue weighted by Crippen LogP contribution is -2.17. The second-order valence-corrected chi connectivity index (χ2v) is 16.1. The van der Waals surface area contributed by atoms with Crippen LogP contribution in [-0.2, 0) is 5.41 Å². The molecular weight excluding hydrogens is 699 g/mol. The molecule has 10 aromatic rings. The van der Waals surface area contributed by atoms with E-state index in [1.807, 2.05) is 0 Å². The molecule has 0 amide bonds. The van der Waals surface area contributed by atoms with Gasteiger partial charge in [-0.2, -0.15) is 0 Å². The lowest BCUT2D eigenvalue weighted by molar-refractivity contribution is 0.661. The first-order valence-corrected chi connectivity index (χ1v) is 20.3. The average molecular weight is 740 g/mol. The van der Waals surface area contributed by atoms with Crippen LogP contribution in [0.5, 0.6) is 0 Å². The Labute approximate surface area is 340 Å². The van der Waals surface area contributed by atoms with Gasteiger partial charge in [-0.1, -0.05) is 184 Å². The van der Waals surface area contributed by atoms with E-state index in [2.05, 4.69) is 231 Å². The van der Waals surface area contributed by atoms with Crippen LogP contribution in [0.2, 0.25) is 0 Å². The number of hydrogen-bond donors (Lipinski definition) is 0. The van der Waals surface area contributed by atoms with Gasteiger partial charge in [-0.15, -0.1) is 0 Å². The van der Waals surface area contributed by atoms with Crippen LogP contribution in [0.25, 0.3) is 76.8 Å². The number of anilines is 3. The molecule has 1 heteroatoms. The van der Waals surface area contributed by atoms with Gasteiger partial charge in [-0.3, -0.25) is 0 Å². The molecule has 0 aliphatic heterocycles. The van der Waals surface area contributed by atoms with Gasteiger partial charge in [0.2, 0.25) is 0 Å². The molecule has 1 nitrogen and oxygen atoms in total. The van der Waals surface area contributed by atoms with E-state index >= 15 is 0 Å². The van der Waals surface area contributed by atoms with Crippen molar-refractivity contribution in [1.29, 1.82) is 0 Å². The van der Waals surface area contributed by atoms with Gasteiger partial charge in [0, 0.05) is 22.4 Å². The predicted octanol–water partition coefficient (Wildman–Crippen LogP) is 15.9. The summed E-state index contributed by atoms with van der Waals surface area (Å²) in [6.45, 7) is 4.77. The molecule has 58 heavy (non-hydrogen) atoms. The number of rotatable bonds is 6. The van der Waals surface area contributed by atoms with Crippen molar-refractivity contribution in [2.24, 2.45) is 0 Å². The zero-order chi connectivity index (χ0) is 38.8.